The standard InChI is InChI=1S/C10H18N2O2/c1-7(9-3-2-4-14-9)12-6-8(11)5-10(12)13/h7-9H,2-6,11H2,1H3. The molecular formula is C10H18N2O2. The molecule has 2 fully saturated rings. The molecule has 2 aliphatic heterocycles. The minimum Gasteiger partial charge on any atom is -0.376 e. The van der Waals surface area contributed by atoms with E-state index in [9.17, 15) is 4.79 Å². The van der Waals surface area contributed by atoms with Crippen molar-refractivity contribution in [3.05, 3.63) is 0 Å². The summed E-state index contributed by atoms with van der Waals surface area (Å²) in [4.78, 5) is 13.4. The summed E-state index contributed by atoms with van der Waals surface area (Å²) in [6.07, 6.45) is 2.91. The van der Waals surface area contributed by atoms with Crippen LogP contribution in [0.2, 0.25) is 0 Å². The lowest BCUT2D eigenvalue weighted by Crippen LogP contribution is -2.43. The van der Waals surface area contributed by atoms with Gasteiger partial charge in [-0.15, -0.1) is 0 Å². The molecule has 80 valence electrons. The molecule has 2 heterocycles. The minimum absolute atomic E-state index is 0.0198. The first kappa shape index (κ1) is 9.93. The normalized spacial score (nSPS) is 35.3. The molecule has 0 radical (unpaired) electrons. The van der Waals surface area contributed by atoms with Gasteiger partial charge in [-0.05, 0) is 19.8 Å². The Morgan fingerprint density at radius 2 is 2.43 bits per heavy atom. The van der Waals surface area contributed by atoms with Gasteiger partial charge in [0.1, 0.15) is 0 Å². The Bertz CT molecular complexity index is 226. The lowest BCUT2D eigenvalue weighted by Gasteiger charge is -2.28. The fourth-order valence-electron chi connectivity index (χ4n) is 2.34. The molecule has 0 aromatic rings. The smallest absolute Gasteiger partial charge is 0.224 e. The van der Waals surface area contributed by atoms with Gasteiger partial charge in [-0.1, -0.05) is 0 Å². The van der Waals surface area contributed by atoms with Crippen LogP contribution in [0.5, 0.6) is 0 Å². The van der Waals surface area contributed by atoms with Crippen LogP contribution in [0.25, 0.3) is 0 Å². The van der Waals surface area contributed by atoms with Gasteiger partial charge in [-0.2, -0.15) is 0 Å². The number of rotatable bonds is 2. The van der Waals surface area contributed by atoms with Crippen LogP contribution in [0.1, 0.15) is 26.2 Å². The van der Waals surface area contributed by atoms with E-state index in [2.05, 4.69) is 6.92 Å². The molecule has 2 aliphatic rings. The molecule has 0 bridgehead atoms. The second kappa shape index (κ2) is 3.87. The Morgan fingerprint density at radius 3 is 2.93 bits per heavy atom. The van der Waals surface area contributed by atoms with E-state index in [0.29, 0.717) is 13.0 Å². The predicted octanol–water partition coefficient (Wildman–Crippen LogP) is 0.113. The highest BCUT2D eigenvalue weighted by atomic mass is 16.5. The van der Waals surface area contributed by atoms with Crippen LogP contribution in [0.15, 0.2) is 0 Å². The summed E-state index contributed by atoms with van der Waals surface area (Å²) in [7, 11) is 0. The van der Waals surface area contributed by atoms with Gasteiger partial charge in [0.2, 0.25) is 5.91 Å². The van der Waals surface area contributed by atoms with E-state index in [1.54, 1.807) is 0 Å². The van der Waals surface area contributed by atoms with Crippen LogP contribution in [0, 0.1) is 0 Å². The molecule has 2 saturated heterocycles. The fourth-order valence-corrected chi connectivity index (χ4v) is 2.34. The number of nitrogens with zero attached hydrogens (tertiary/aromatic N) is 1. The second-order valence-electron chi connectivity index (χ2n) is 4.30. The number of likely N-dealkylation sites (tertiary alicyclic amines) is 1. The SMILES string of the molecule is CC(C1CCCO1)N1CC(N)CC1=O. The number of amides is 1. The average molecular weight is 198 g/mol. The van der Waals surface area contributed by atoms with Crippen molar-refractivity contribution in [2.24, 2.45) is 5.73 Å². The molecule has 4 nitrogen and oxygen atoms in total. The number of ether oxygens (including phenoxy) is 1. The monoisotopic (exact) mass is 198 g/mol. The Balaban J connectivity index is 1.96. The number of carbonyl (C=O) groups excluding carboxylic acids is 1. The van der Waals surface area contributed by atoms with E-state index in [0.717, 1.165) is 19.4 Å². The highest BCUT2D eigenvalue weighted by Gasteiger charge is 2.35. The maximum atomic E-state index is 11.6. The van der Waals surface area contributed by atoms with Crippen LogP contribution in [0.4, 0.5) is 0 Å². The molecule has 4 heteroatoms. The van der Waals surface area contributed by atoms with Gasteiger partial charge in [0.05, 0.1) is 12.1 Å². The topological polar surface area (TPSA) is 55.6 Å². The second-order valence-corrected chi connectivity index (χ2v) is 4.30. The molecule has 2 N–H and O–H groups in total. The zero-order valence-corrected chi connectivity index (χ0v) is 8.61. The van der Waals surface area contributed by atoms with E-state index >= 15 is 0 Å². The number of carbonyl (C=O) groups is 1. The lowest BCUT2D eigenvalue weighted by molar-refractivity contribution is -0.131. The van der Waals surface area contributed by atoms with E-state index in [1.807, 2.05) is 4.90 Å². The molecule has 3 atom stereocenters. The van der Waals surface area contributed by atoms with Crippen LogP contribution < -0.4 is 5.73 Å². The van der Waals surface area contributed by atoms with Gasteiger partial charge in [-0.3, -0.25) is 4.79 Å². The molecule has 2 rings (SSSR count). The van der Waals surface area contributed by atoms with Gasteiger partial charge in [-0.25, -0.2) is 0 Å². The molecule has 0 spiro atoms. The van der Waals surface area contributed by atoms with E-state index in [1.165, 1.54) is 0 Å². The van der Waals surface area contributed by atoms with Crippen LogP contribution >= 0.6 is 0 Å². The third kappa shape index (κ3) is 1.77. The van der Waals surface area contributed by atoms with Crippen molar-refractivity contribution >= 4 is 5.91 Å². The van der Waals surface area contributed by atoms with Crippen molar-refractivity contribution in [2.45, 2.75) is 44.4 Å². The summed E-state index contributed by atoms with van der Waals surface area (Å²) in [5.74, 6) is 0.181. The summed E-state index contributed by atoms with van der Waals surface area (Å²) in [5.41, 5.74) is 5.75. The van der Waals surface area contributed by atoms with Gasteiger partial charge in [0.25, 0.3) is 0 Å². The summed E-state index contributed by atoms with van der Waals surface area (Å²) in [5, 5.41) is 0. The van der Waals surface area contributed by atoms with Crippen molar-refractivity contribution in [2.75, 3.05) is 13.2 Å². The Morgan fingerprint density at radius 1 is 1.64 bits per heavy atom. The molecule has 3 unspecified atom stereocenters. The summed E-state index contributed by atoms with van der Waals surface area (Å²) >= 11 is 0. The third-order valence-corrected chi connectivity index (χ3v) is 3.18. The van der Waals surface area contributed by atoms with E-state index in [-0.39, 0.29) is 24.1 Å². The first-order valence-corrected chi connectivity index (χ1v) is 5.35. The highest BCUT2D eigenvalue weighted by molar-refractivity contribution is 5.79. The van der Waals surface area contributed by atoms with Gasteiger partial charge >= 0.3 is 0 Å². The highest BCUT2D eigenvalue weighted by Crippen LogP contribution is 2.22. The maximum Gasteiger partial charge on any atom is 0.224 e. The van der Waals surface area contributed by atoms with Gasteiger partial charge in [0.15, 0.2) is 0 Å². The quantitative estimate of drug-likeness (QED) is 0.685. The number of hydrogen-bond donors (Lipinski definition) is 1. The minimum atomic E-state index is 0.0198. The fraction of sp³-hybridized carbons (Fsp3) is 0.900. The van der Waals surface area contributed by atoms with E-state index in [4.69, 9.17) is 10.5 Å². The predicted molar refractivity (Wildman–Crippen MR) is 52.7 cm³/mol. The van der Waals surface area contributed by atoms with E-state index < -0.39 is 0 Å². The van der Waals surface area contributed by atoms with Crippen molar-refractivity contribution in [1.29, 1.82) is 0 Å². The van der Waals surface area contributed by atoms with Crippen molar-refractivity contribution in [3.63, 3.8) is 0 Å². The first-order chi connectivity index (χ1) is 6.68. The number of nitrogens with two attached hydrogens (primary N) is 1. The maximum absolute atomic E-state index is 11.6. The van der Waals surface area contributed by atoms with Crippen molar-refractivity contribution < 1.29 is 9.53 Å². The third-order valence-electron chi connectivity index (χ3n) is 3.18. The van der Waals surface area contributed by atoms with Crippen molar-refractivity contribution in [1.82, 2.24) is 4.90 Å². The average Bonchev–Trinajstić information content (AvgIpc) is 2.73. The first-order valence-electron chi connectivity index (χ1n) is 5.35. The Hall–Kier alpha value is -0.610. The molecule has 14 heavy (non-hydrogen) atoms. The molecule has 1 amide bonds. The number of hydrogen-bond acceptors (Lipinski definition) is 3. The van der Waals surface area contributed by atoms with Crippen LogP contribution in [-0.2, 0) is 9.53 Å². The molecule has 0 aromatic heterocycles. The Kier molecular flexibility index (Phi) is 2.74. The van der Waals surface area contributed by atoms with Crippen LogP contribution in [0.3, 0.4) is 0 Å². The lowest BCUT2D eigenvalue weighted by atomic mass is 10.1. The molecule has 0 aromatic carbocycles. The summed E-state index contributed by atoms with van der Waals surface area (Å²) < 4.78 is 5.58. The van der Waals surface area contributed by atoms with Crippen molar-refractivity contribution in [3.8, 4) is 0 Å². The van der Waals surface area contributed by atoms with Gasteiger partial charge < -0.3 is 15.4 Å². The summed E-state index contributed by atoms with van der Waals surface area (Å²) in [6.45, 7) is 3.59. The molecular weight excluding hydrogens is 180 g/mol. The largest absolute Gasteiger partial charge is 0.376 e. The van der Waals surface area contributed by atoms with Crippen LogP contribution in [-0.4, -0.2) is 42.1 Å². The molecule has 0 saturated carbocycles. The summed E-state index contributed by atoms with van der Waals surface area (Å²) in [6, 6.07) is 0.213. The zero-order valence-electron chi connectivity index (χ0n) is 8.61. The zero-order chi connectivity index (χ0) is 10.1. The molecule has 0 aliphatic carbocycles. The Labute approximate surface area is 84.4 Å². The van der Waals surface area contributed by atoms with Gasteiger partial charge in [0, 0.05) is 25.6 Å².